The maximum absolute atomic E-state index is 13.8. The average molecular weight is 270 g/mol. The highest BCUT2D eigenvalue weighted by Gasteiger charge is 2.30. The molecular formula is C14H10F4O. The fraction of sp³-hybridized carbons (Fsp3) is 0.143. The van der Waals surface area contributed by atoms with Crippen molar-refractivity contribution in [2.45, 2.75) is 13.3 Å². The summed E-state index contributed by atoms with van der Waals surface area (Å²) >= 11 is 0. The number of hydrogen-bond donors (Lipinski definition) is 0. The summed E-state index contributed by atoms with van der Waals surface area (Å²) in [7, 11) is 0. The Hall–Kier alpha value is -2.04. The fourth-order valence-electron chi connectivity index (χ4n) is 1.71. The van der Waals surface area contributed by atoms with Crippen molar-refractivity contribution in [3.05, 3.63) is 53.8 Å². The topological polar surface area (TPSA) is 9.23 Å². The normalized spacial score (nSPS) is 11.4. The molecule has 0 fully saturated rings. The van der Waals surface area contributed by atoms with E-state index in [2.05, 4.69) is 4.74 Å². The first-order chi connectivity index (χ1) is 8.87. The molecule has 0 amide bonds. The summed E-state index contributed by atoms with van der Waals surface area (Å²) in [5.41, 5.74) is 1.32. The van der Waals surface area contributed by atoms with Gasteiger partial charge in [-0.25, -0.2) is 4.39 Å². The van der Waals surface area contributed by atoms with Crippen LogP contribution in [0.15, 0.2) is 42.5 Å². The molecule has 0 bridgehead atoms. The third-order valence-electron chi connectivity index (χ3n) is 2.59. The van der Waals surface area contributed by atoms with Crippen molar-refractivity contribution < 1.29 is 22.3 Å². The molecule has 0 radical (unpaired) electrons. The van der Waals surface area contributed by atoms with E-state index in [1.807, 2.05) is 0 Å². The van der Waals surface area contributed by atoms with E-state index in [1.54, 1.807) is 25.1 Å². The average Bonchev–Trinajstić information content (AvgIpc) is 2.32. The Balaban J connectivity index is 2.30. The summed E-state index contributed by atoms with van der Waals surface area (Å²) in [6.45, 7) is 1.62. The molecule has 100 valence electrons. The minimum absolute atomic E-state index is 0.329. The Morgan fingerprint density at radius 2 is 1.58 bits per heavy atom. The van der Waals surface area contributed by atoms with Crippen molar-refractivity contribution >= 4 is 0 Å². The van der Waals surface area contributed by atoms with Gasteiger partial charge in [-0.3, -0.25) is 0 Å². The Morgan fingerprint density at radius 3 is 2.16 bits per heavy atom. The zero-order chi connectivity index (χ0) is 14.0. The molecule has 2 aromatic rings. The zero-order valence-corrected chi connectivity index (χ0v) is 9.96. The van der Waals surface area contributed by atoms with Gasteiger partial charge in [-0.1, -0.05) is 30.3 Å². The number of hydrogen-bond acceptors (Lipinski definition) is 1. The van der Waals surface area contributed by atoms with Crippen molar-refractivity contribution in [3.8, 4) is 16.9 Å². The van der Waals surface area contributed by atoms with Gasteiger partial charge in [0.15, 0.2) is 0 Å². The van der Waals surface area contributed by atoms with E-state index in [0.29, 0.717) is 16.7 Å². The minimum atomic E-state index is -4.73. The second kappa shape index (κ2) is 4.91. The lowest BCUT2D eigenvalue weighted by Crippen LogP contribution is -2.16. The first kappa shape index (κ1) is 13.4. The molecule has 0 saturated carbocycles. The molecule has 5 heteroatoms. The molecule has 0 atom stereocenters. The third-order valence-corrected chi connectivity index (χ3v) is 2.59. The van der Waals surface area contributed by atoms with Crippen LogP contribution in [0, 0.1) is 12.7 Å². The smallest absolute Gasteiger partial charge is 0.406 e. The SMILES string of the molecule is Cc1cccc(-c2ccc(OC(F)(F)F)cc2)c1F. The summed E-state index contributed by atoms with van der Waals surface area (Å²) < 4.78 is 53.6. The number of alkyl halides is 3. The van der Waals surface area contributed by atoms with Crippen molar-refractivity contribution in [1.82, 2.24) is 0 Å². The molecule has 0 aliphatic heterocycles. The number of ether oxygens (including phenoxy) is 1. The lowest BCUT2D eigenvalue weighted by molar-refractivity contribution is -0.274. The maximum Gasteiger partial charge on any atom is 0.573 e. The van der Waals surface area contributed by atoms with Gasteiger partial charge in [0.05, 0.1) is 0 Å². The van der Waals surface area contributed by atoms with Crippen LogP contribution in [0.3, 0.4) is 0 Å². The van der Waals surface area contributed by atoms with Crippen LogP contribution in [0.1, 0.15) is 5.56 Å². The lowest BCUT2D eigenvalue weighted by atomic mass is 10.0. The van der Waals surface area contributed by atoms with Crippen LogP contribution in [-0.4, -0.2) is 6.36 Å². The van der Waals surface area contributed by atoms with E-state index in [9.17, 15) is 17.6 Å². The standard InChI is InChI=1S/C14H10F4O/c1-9-3-2-4-12(13(9)15)10-5-7-11(8-6-10)19-14(16,17)18/h2-8H,1H3. The molecule has 0 N–H and O–H groups in total. The molecule has 2 aromatic carbocycles. The van der Waals surface area contributed by atoms with E-state index in [0.717, 1.165) is 12.1 Å². The van der Waals surface area contributed by atoms with Gasteiger partial charge >= 0.3 is 6.36 Å². The van der Waals surface area contributed by atoms with Gasteiger partial charge < -0.3 is 4.74 Å². The Morgan fingerprint density at radius 1 is 0.947 bits per heavy atom. The lowest BCUT2D eigenvalue weighted by Gasteiger charge is -2.10. The third kappa shape index (κ3) is 3.24. The number of benzene rings is 2. The van der Waals surface area contributed by atoms with E-state index in [1.165, 1.54) is 12.1 Å². The number of halogens is 4. The molecule has 0 aromatic heterocycles. The first-order valence-corrected chi connectivity index (χ1v) is 5.48. The van der Waals surface area contributed by atoms with Gasteiger partial charge in [0.1, 0.15) is 11.6 Å². The second-order valence-corrected chi connectivity index (χ2v) is 4.01. The monoisotopic (exact) mass is 270 g/mol. The van der Waals surface area contributed by atoms with Crippen LogP contribution < -0.4 is 4.74 Å². The Bertz CT molecular complexity index is 573. The molecule has 0 spiro atoms. The molecule has 19 heavy (non-hydrogen) atoms. The molecule has 2 rings (SSSR count). The van der Waals surface area contributed by atoms with E-state index in [-0.39, 0.29) is 11.6 Å². The summed E-state index contributed by atoms with van der Waals surface area (Å²) in [6.07, 6.45) is -4.73. The van der Waals surface area contributed by atoms with Crippen LogP contribution in [0.5, 0.6) is 5.75 Å². The maximum atomic E-state index is 13.8. The number of aryl methyl sites for hydroxylation is 1. The van der Waals surface area contributed by atoms with Crippen LogP contribution >= 0.6 is 0 Å². The van der Waals surface area contributed by atoms with Crippen molar-refractivity contribution in [2.75, 3.05) is 0 Å². The molecule has 0 aliphatic carbocycles. The molecular weight excluding hydrogens is 260 g/mol. The van der Waals surface area contributed by atoms with Gasteiger partial charge in [0, 0.05) is 5.56 Å². The molecule has 0 aliphatic rings. The fourth-order valence-corrected chi connectivity index (χ4v) is 1.71. The zero-order valence-electron chi connectivity index (χ0n) is 9.96. The highest BCUT2D eigenvalue weighted by atomic mass is 19.4. The highest BCUT2D eigenvalue weighted by molar-refractivity contribution is 5.65. The van der Waals surface area contributed by atoms with Crippen molar-refractivity contribution in [3.63, 3.8) is 0 Å². The van der Waals surface area contributed by atoms with Crippen LogP contribution in [-0.2, 0) is 0 Å². The van der Waals surface area contributed by atoms with Crippen molar-refractivity contribution in [1.29, 1.82) is 0 Å². The minimum Gasteiger partial charge on any atom is -0.406 e. The van der Waals surface area contributed by atoms with E-state index in [4.69, 9.17) is 0 Å². The molecule has 0 unspecified atom stereocenters. The second-order valence-electron chi connectivity index (χ2n) is 4.01. The summed E-state index contributed by atoms with van der Waals surface area (Å²) in [5.74, 6) is -0.712. The van der Waals surface area contributed by atoms with Crippen molar-refractivity contribution in [2.24, 2.45) is 0 Å². The van der Waals surface area contributed by atoms with Crippen LogP contribution in [0.25, 0.3) is 11.1 Å². The van der Waals surface area contributed by atoms with Crippen LogP contribution in [0.4, 0.5) is 17.6 Å². The summed E-state index contributed by atoms with van der Waals surface area (Å²) in [4.78, 5) is 0. The Kier molecular flexibility index (Phi) is 3.46. The summed E-state index contributed by atoms with van der Waals surface area (Å²) in [5, 5.41) is 0. The molecule has 0 saturated heterocycles. The summed E-state index contributed by atoms with van der Waals surface area (Å²) in [6, 6.07) is 9.98. The first-order valence-electron chi connectivity index (χ1n) is 5.48. The highest BCUT2D eigenvalue weighted by Crippen LogP contribution is 2.28. The molecule has 0 heterocycles. The van der Waals surface area contributed by atoms with Gasteiger partial charge in [0.2, 0.25) is 0 Å². The Labute approximate surface area is 107 Å². The quantitative estimate of drug-likeness (QED) is 0.719. The van der Waals surface area contributed by atoms with Gasteiger partial charge in [-0.15, -0.1) is 13.2 Å². The van der Waals surface area contributed by atoms with Gasteiger partial charge in [-0.05, 0) is 30.2 Å². The predicted molar refractivity (Wildman–Crippen MR) is 63.3 cm³/mol. The van der Waals surface area contributed by atoms with Gasteiger partial charge in [0.25, 0.3) is 0 Å². The van der Waals surface area contributed by atoms with E-state index >= 15 is 0 Å². The van der Waals surface area contributed by atoms with Crippen LogP contribution in [0.2, 0.25) is 0 Å². The number of rotatable bonds is 2. The van der Waals surface area contributed by atoms with Gasteiger partial charge in [-0.2, -0.15) is 0 Å². The largest absolute Gasteiger partial charge is 0.573 e. The van der Waals surface area contributed by atoms with E-state index < -0.39 is 6.36 Å². The predicted octanol–water partition coefficient (Wildman–Crippen LogP) is 4.70. The molecule has 1 nitrogen and oxygen atoms in total.